The van der Waals surface area contributed by atoms with Crippen molar-refractivity contribution in [1.82, 2.24) is 0 Å². The number of hydrogen-bond acceptors (Lipinski definition) is 4. The van der Waals surface area contributed by atoms with E-state index in [2.05, 4.69) is 340 Å². The fourth-order valence-corrected chi connectivity index (χ4v) is 13.0. The number of phenols is 1. The number of rotatable bonds is 12. The average Bonchev–Trinajstić information content (AvgIpc) is 0.833. The summed E-state index contributed by atoms with van der Waals surface area (Å²) in [4.78, 5) is 10.0. The van der Waals surface area contributed by atoms with Crippen LogP contribution in [0, 0.1) is 30.9 Å². The zero-order valence-corrected chi connectivity index (χ0v) is 79.1. The molecule has 12 rings (SSSR count). The van der Waals surface area contributed by atoms with Gasteiger partial charge in [-0.1, -0.05) is 417 Å². The molecule has 116 heavy (non-hydrogen) atoms. The minimum atomic E-state index is -0.369. The van der Waals surface area contributed by atoms with Gasteiger partial charge in [-0.25, -0.2) is 0 Å². The molecule has 0 unspecified atom stereocenters. The van der Waals surface area contributed by atoms with Gasteiger partial charge in [-0.15, -0.1) is 0 Å². The van der Waals surface area contributed by atoms with Crippen LogP contribution in [0.3, 0.4) is 0 Å². The van der Waals surface area contributed by atoms with E-state index in [0.29, 0.717) is 85.7 Å². The molecule has 0 amide bonds. The monoisotopic (exact) mass is 1690 g/mol. The molecule has 0 radical (unpaired) electrons. The number of hydrogen-bond donors (Lipinski definition) is 2. The SMILES string of the molecule is CC(C)c1ccc(Br)cc1.CC(C)c1ccc(C(C)(C)C)cc1.CC(C)c1ccc(C2CCCCC2)cc1.CC(C)c1ccc(Cl)c(Cl)c1.CC(C)c1ccc(Cl)c(N)c1.CC(C)c1ccc(O)cc1.CC(C)c1cccc([N+](=O)[O-])c1.CC(C)c1cccc2ccccc12.Cc1ccc(C(C)C)cc1C.Cc1cccc(C(C)C)c1. The number of nitro groups is 1. The summed E-state index contributed by atoms with van der Waals surface area (Å²) in [6, 6.07) is 82.8. The molecule has 0 bridgehead atoms. The number of nitrogen functional groups attached to an aromatic ring is 1. The van der Waals surface area contributed by atoms with Gasteiger partial charge < -0.3 is 10.8 Å². The van der Waals surface area contributed by atoms with Crippen molar-refractivity contribution in [2.45, 2.75) is 283 Å². The van der Waals surface area contributed by atoms with Crippen molar-refractivity contribution in [2.75, 3.05) is 5.73 Å². The highest BCUT2D eigenvalue weighted by molar-refractivity contribution is 9.10. The fraction of sp³-hybridized carbons (Fsp3) is 0.402. The highest BCUT2D eigenvalue weighted by Crippen LogP contribution is 2.34. The lowest BCUT2D eigenvalue weighted by atomic mass is 9.83. The van der Waals surface area contributed by atoms with Crippen LogP contribution in [0.1, 0.15) is 340 Å². The van der Waals surface area contributed by atoms with E-state index in [1.165, 1.54) is 121 Å². The molecule has 9 heteroatoms. The van der Waals surface area contributed by atoms with E-state index in [0.717, 1.165) is 16.0 Å². The van der Waals surface area contributed by atoms with Gasteiger partial charge in [-0.2, -0.15) is 0 Å². The molecule has 0 aromatic heterocycles. The first-order valence-corrected chi connectivity index (χ1v) is 44.0. The van der Waals surface area contributed by atoms with Crippen molar-refractivity contribution in [2.24, 2.45) is 0 Å². The molecule has 11 aromatic rings. The number of nitro benzene ring substituents is 1. The molecule has 626 valence electrons. The Morgan fingerprint density at radius 3 is 1.21 bits per heavy atom. The van der Waals surface area contributed by atoms with Gasteiger partial charge in [0.05, 0.1) is 25.7 Å². The maximum absolute atomic E-state index is 10.4. The topological polar surface area (TPSA) is 89.4 Å². The lowest BCUT2D eigenvalue weighted by molar-refractivity contribution is -0.384. The Labute approximate surface area is 727 Å². The van der Waals surface area contributed by atoms with Gasteiger partial charge in [-0.3, -0.25) is 10.1 Å². The Kier molecular flexibility index (Phi) is 46.5. The first-order chi connectivity index (χ1) is 54.5. The standard InChI is InChI=1S/C15H22.C13H14.C13H20.C11H16.C10H14.C9H11Br.C9H10Cl2.C9H12ClN.C9H11NO2.C9H12O/c1-12(2)13-8-10-15(11-9-13)14-6-4-3-5-7-14;1-10(2)12-9-5-7-11-6-3-4-8-13(11)12;1-10(2)11-6-8-12(9-7-11)13(3,4)5;1-8(2)11-6-5-9(3)10(4)7-11;1-8(2)10-6-4-5-9(3)7-10;1-7(2)8-3-5-9(10)6-4-8;2*1-6(2)7-3-4-8(10)9(11)5-7;1-7(2)8-4-3-5-9(6-8)10(11)12;1-7(2)8-3-5-9(10)6-4-8/h8-12,14H,3-7H2,1-2H3;3-10H,1-2H3;6-10H,1-5H3;5-8H,1-4H3;4-8H,1-3H3;3-7H,1-2H3;3-6H,1-2H3;3-6H,11H2,1-2H3;3-7H,1-2H3;3-7,10H,1-2H3. The maximum atomic E-state index is 10.4. The number of phenolic OH excluding ortho intramolecular Hbond substituents is 1. The lowest BCUT2D eigenvalue weighted by Crippen LogP contribution is -2.10. The Morgan fingerprint density at radius 1 is 0.388 bits per heavy atom. The number of benzene rings is 11. The van der Waals surface area contributed by atoms with Crippen molar-refractivity contribution in [1.29, 1.82) is 0 Å². The smallest absolute Gasteiger partial charge is 0.269 e. The van der Waals surface area contributed by atoms with E-state index in [1.807, 2.05) is 68.4 Å². The first-order valence-electron chi connectivity index (χ1n) is 42.1. The van der Waals surface area contributed by atoms with Crippen LogP contribution >= 0.6 is 50.7 Å². The summed E-state index contributed by atoms with van der Waals surface area (Å²) in [5, 5.41) is 23.9. The molecule has 1 aliphatic rings. The van der Waals surface area contributed by atoms with E-state index in [-0.39, 0.29) is 16.0 Å². The molecule has 11 aromatic carbocycles. The van der Waals surface area contributed by atoms with Crippen LogP contribution in [0.2, 0.25) is 15.1 Å². The molecule has 1 saturated carbocycles. The molecule has 0 spiro atoms. The van der Waals surface area contributed by atoms with Crippen LogP contribution in [0.5, 0.6) is 5.75 Å². The van der Waals surface area contributed by atoms with Crippen LogP contribution in [0.4, 0.5) is 11.4 Å². The summed E-state index contributed by atoms with van der Waals surface area (Å²) in [7, 11) is 0. The summed E-state index contributed by atoms with van der Waals surface area (Å²) in [5.74, 6) is 6.90. The Bertz CT molecular complexity index is 4390. The summed E-state index contributed by atoms with van der Waals surface area (Å²) in [6.07, 6.45) is 7.11. The number of aromatic hydroxyl groups is 1. The second-order valence-corrected chi connectivity index (χ2v) is 36.8. The average molecular weight is 1690 g/mol. The number of fused-ring (bicyclic) bond motifs is 1. The van der Waals surface area contributed by atoms with Gasteiger partial charge in [0, 0.05) is 16.6 Å². The molecule has 0 aliphatic heterocycles. The molecule has 3 N–H and O–H groups in total. The van der Waals surface area contributed by atoms with Crippen LogP contribution < -0.4 is 5.73 Å². The second-order valence-electron chi connectivity index (χ2n) is 34.7. The fourth-order valence-electron chi connectivity index (χ4n) is 12.4. The number of nitrogens with zero attached hydrogens (tertiary/aromatic N) is 1. The summed E-state index contributed by atoms with van der Waals surface area (Å²) < 4.78 is 1.15. The zero-order valence-electron chi connectivity index (χ0n) is 75.3. The van der Waals surface area contributed by atoms with Crippen LogP contribution in [-0.4, -0.2) is 10.0 Å². The predicted octanol–water partition coefficient (Wildman–Crippen LogP) is 35.4. The van der Waals surface area contributed by atoms with Crippen molar-refractivity contribution in [3.8, 4) is 5.75 Å². The van der Waals surface area contributed by atoms with E-state index in [1.54, 1.807) is 29.8 Å². The van der Waals surface area contributed by atoms with E-state index >= 15 is 0 Å². The quantitative estimate of drug-likeness (QED) is 0.0725. The molecule has 1 aliphatic carbocycles. The minimum absolute atomic E-state index is 0.168. The second kappa shape index (κ2) is 52.8. The van der Waals surface area contributed by atoms with Gasteiger partial charge in [-0.05, 0) is 241 Å². The first kappa shape index (κ1) is 102. The Morgan fingerprint density at radius 2 is 0.776 bits per heavy atom. The predicted molar refractivity (Wildman–Crippen MR) is 517 cm³/mol. The third-order valence-electron chi connectivity index (χ3n) is 20.6. The normalized spacial score (nSPS) is 11.7. The number of nitrogens with two attached hydrogens (primary N) is 1. The van der Waals surface area contributed by atoms with Gasteiger partial charge in [0.2, 0.25) is 0 Å². The van der Waals surface area contributed by atoms with Crippen molar-refractivity contribution in [3.05, 3.63) is 356 Å². The summed E-state index contributed by atoms with van der Waals surface area (Å²) in [5.41, 5.74) is 27.2. The molecule has 0 atom stereocenters. The third-order valence-corrected chi connectivity index (χ3v) is 22.2. The van der Waals surface area contributed by atoms with E-state index < -0.39 is 0 Å². The van der Waals surface area contributed by atoms with Gasteiger partial charge in [0.25, 0.3) is 5.69 Å². The van der Waals surface area contributed by atoms with Crippen molar-refractivity contribution >= 4 is 72.9 Å². The Balaban J connectivity index is 0.000000334. The van der Waals surface area contributed by atoms with Crippen LogP contribution in [0.15, 0.2) is 247 Å². The van der Waals surface area contributed by atoms with Gasteiger partial charge in [0.1, 0.15) is 5.75 Å². The third kappa shape index (κ3) is 38.6. The number of non-ortho nitro benzene ring substituents is 1. The number of halogens is 4. The van der Waals surface area contributed by atoms with Crippen molar-refractivity contribution in [3.63, 3.8) is 0 Å². The minimum Gasteiger partial charge on any atom is -0.508 e. The summed E-state index contributed by atoms with van der Waals surface area (Å²) in [6.45, 7) is 56.7. The van der Waals surface area contributed by atoms with E-state index in [4.69, 9.17) is 45.6 Å². The van der Waals surface area contributed by atoms with Crippen molar-refractivity contribution < 1.29 is 10.0 Å². The van der Waals surface area contributed by atoms with Crippen LogP contribution in [0.25, 0.3) is 10.8 Å². The largest absolute Gasteiger partial charge is 0.508 e. The molecule has 0 heterocycles. The zero-order chi connectivity index (χ0) is 87.1. The maximum Gasteiger partial charge on any atom is 0.269 e. The van der Waals surface area contributed by atoms with E-state index in [9.17, 15) is 10.1 Å². The molecule has 1 fully saturated rings. The van der Waals surface area contributed by atoms with Crippen LogP contribution in [-0.2, 0) is 5.41 Å². The van der Waals surface area contributed by atoms with Gasteiger partial charge in [0.15, 0.2) is 0 Å². The molecule has 0 saturated heterocycles. The highest BCUT2D eigenvalue weighted by atomic mass is 79.9. The molecular formula is C107H142BrCl3N2O3. The lowest BCUT2D eigenvalue weighted by Gasteiger charge is -2.22. The molecular weight excluding hydrogens is 1550 g/mol. The van der Waals surface area contributed by atoms with Gasteiger partial charge >= 0.3 is 0 Å². The number of aryl methyl sites for hydroxylation is 3. The summed E-state index contributed by atoms with van der Waals surface area (Å²) >= 11 is 20.7. The molecule has 5 nitrogen and oxygen atoms in total. The number of anilines is 1. The Hall–Kier alpha value is -7.97. The highest BCUT2D eigenvalue weighted by Gasteiger charge is 2.17.